The van der Waals surface area contributed by atoms with Gasteiger partial charge in [0.2, 0.25) is 0 Å². The summed E-state index contributed by atoms with van der Waals surface area (Å²) in [4.78, 5) is 2.57. The molecule has 0 bridgehead atoms. The van der Waals surface area contributed by atoms with E-state index in [1.807, 2.05) is 0 Å². The van der Waals surface area contributed by atoms with Gasteiger partial charge in [-0.05, 0) is 38.8 Å². The van der Waals surface area contributed by atoms with Gasteiger partial charge in [0.05, 0.1) is 0 Å². The second-order valence-electron chi connectivity index (χ2n) is 5.64. The first-order chi connectivity index (χ1) is 7.27. The van der Waals surface area contributed by atoms with Crippen molar-refractivity contribution in [1.82, 2.24) is 4.90 Å². The third-order valence-electron chi connectivity index (χ3n) is 4.54. The normalized spacial score (nSPS) is 25.8. The van der Waals surface area contributed by atoms with Gasteiger partial charge in [-0.2, -0.15) is 0 Å². The fourth-order valence-electron chi connectivity index (χ4n) is 2.97. The molecule has 2 rings (SSSR count). The van der Waals surface area contributed by atoms with Crippen LogP contribution in [0.1, 0.15) is 51.4 Å². The second-order valence-corrected chi connectivity index (χ2v) is 5.64. The zero-order valence-corrected chi connectivity index (χ0v) is 10.2. The Labute approximate surface area is 94.2 Å². The van der Waals surface area contributed by atoms with Crippen LogP contribution in [0.2, 0.25) is 0 Å². The van der Waals surface area contributed by atoms with Gasteiger partial charge in [-0.15, -0.1) is 0 Å². The maximum absolute atomic E-state index is 6.02. The Bertz CT molecular complexity index is 193. The molecule has 0 aliphatic heterocycles. The number of rotatable bonds is 5. The van der Waals surface area contributed by atoms with E-state index in [1.165, 1.54) is 57.9 Å². The molecule has 2 heteroatoms. The van der Waals surface area contributed by atoms with Gasteiger partial charge in [0.1, 0.15) is 0 Å². The highest BCUT2D eigenvalue weighted by atomic mass is 15.2. The molecule has 2 aliphatic rings. The standard InChI is InChI=1S/C13H26N2/c1-15(10-7-12-5-6-12)13(11-14)8-3-2-4-9-13/h12H,2-11,14H2,1H3. The van der Waals surface area contributed by atoms with Gasteiger partial charge in [0.25, 0.3) is 0 Å². The van der Waals surface area contributed by atoms with Crippen LogP contribution in [0.4, 0.5) is 0 Å². The van der Waals surface area contributed by atoms with Crippen LogP contribution in [0.25, 0.3) is 0 Å². The SMILES string of the molecule is CN(CCC1CC1)C1(CN)CCCCC1. The van der Waals surface area contributed by atoms with Crippen molar-refractivity contribution >= 4 is 0 Å². The van der Waals surface area contributed by atoms with E-state index in [4.69, 9.17) is 5.73 Å². The topological polar surface area (TPSA) is 29.3 Å². The van der Waals surface area contributed by atoms with Crippen LogP contribution in [0.15, 0.2) is 0 Å². The largest absolute Gasteiger partial charge is 0.329 e. The minimum atomic E-state index is 0.354. The lowest BCUT2D eigenvalue weighted by atomic mass is 9.80. The van der Waals surface area contributed by atoms with Crippen molar-refractivity contribution < 1.29 is 0 Å². The van der Waals surface area contributed by atoms with Crippen LogP contribution in [-0.4, -0.2) is 30.6 Å². The Morgan fingerprint density at radius 2 is 1.87 bits per heavy atom. The van der Waals surface area contributed by atoms with Gasteiger partial charge in [0, 0.05) is 12.1 Å². The van der Waals surface area contributed by atoms with E-state index in [2.05, 4.69) is 11.9 Å². The van der Waals surface area contributed by atoms with E-state index in [-0.39, 0.29) is 0 Å². The van der Waals surface area contributed by atoms with Crippen molar-refractivity contribution in [1.29, 1.82) is 0 Å². The van der Waals surface area contributed by atoms with Crippen LogP contribution >= 0.6 is 0 Å². The lowest BCUT2D eigenvalue weighted by Crippen LogP contribution is -2.53. The molecule has 88 valence electrons. The number of likely N-dealkylation sites (N-methyl/N-ethyl adjacent to an activating group) is 1. The Morgan fingerprint density at radius 3 is 2.40 bits per heavy atom. The van der Waals surface area contributed by atoms with Crippen molar-refractivity contribution in [3.63, 3.8) is 0 Å². The Kier molecular flexibility index (Phi) is 3.68. The van der Waals surface area contributed by atoms with Crippen LogP contribution in [0, 0.1) is 5.92 Å². The summed E-state index contributed by atoms with van der Waals surface area (Å²) in [6.07, 6.45) is 11.2. The molecule has 0 unspecified atom stereocenters. The molecule has 0 radical (unpaired) electrons. The molecule has 0 spiro atoms. The van der Waals surface area contributed by atoms with Crippen molar-refractivity contribution in [2.24, 2.45) is 11.7 Å². The zero-order valence-electron chi connectivity index (χ0n) is 10.2. The van der Waals surface area contributed by atoms with Crippen molar-refractivity contribution in [3.8, 4) is 0 Å². The fourth-order valence-corrected chi connectivity index (χ4v) is 2.97. The molecular formula is C13H26N2. The predicted molar refractivity (Wildman–Crippen MR) is 64.8 cm³/mol. The minimum absolute atomic E-state index is 0.354. The molecule has 0 amide bonds. The van der Waals surface area contributed by atoms with Crippen LogP contribution in [-0.2, 0) is 0 Å². The van der Waals surface area contributed by atoms with E-state index >= 15 is 0 Å². The number of nitrogens with two attached hydrogens (primary N) is 1. The average molecular weight is 210 g/mol. The summed E-state index contributed by atoms with van der Waals surface area (Å²) < 4.78 is 0. The van der Waals surface area contributed by atoms with E-state index < -0.39 is 0 Å². The molecule has 15 heavy (non-hydrogen) atoms. The van der Waals surface area contributed by atoms with Crippen molar-refractivity contribution in [2.45, 2.75) is 56.9 Å². The molecule has 2 N–H and O–H groups in total. The summed E-state index contributed by atoms with van der Waals surface area (Å²) in [7, 11) is 2.29. The molecule has 0 aromatic heterocycles. The molecule has 0 saturated heterocycles. The monoisotopic (exact) mass is 210 g/mol. The lowest BCUT2D eigenvalue weighted by molar-refractivity contribution is 0.0802. The predicted octanol–water partition coefficient (Wildman–Crippen LogP) is 2.38. The van der Waals surface area contributed by atoms with E-state index in [1.54, 1.807) is 0 Å². The van der Waals surface area contributed by atoms with Crippen LogP contribution in [0.5, 0.6) is 0 Å². The van der Waals surface area contributed by atoms with Gasteiger partial charge >= 0.3 is 0 Å². The first-order valence-electron chi connectivity index (χ1n) is 6.68. The molecule has 0 atom stereocenters. The second kappa shape index (κ2) is 4.84. The number of nitrogens with zero attached hydrogens (tertiary/aromatic N) is 1. The molecule has 2 aliphatic carbocycles. The molecule has 0 aromatic carbocycles. The van der Waals surface area contributed by atoms with Gasteiger partial charge in [-0.3, -0.25) is 4.90 Å². The summed E-state index contributed by atoms with van der Waals surface area (Å²) >= 11 is 0. The molecule has 2 nitrogen and oxygen atoms in total. The van der Waals surface area contributed by atoms with Gasteiger partial charge in [0.15, 0.2) is 0 Å². The highest BCUT2D eigenvalue weighted by Gasteiger charge is 2.35. The molecular weight excluding hydrogens is 184 g/mol. The fraction of sp³-hybridized carbons (Fsp3) is 1.00. The van der Waals surface area contributed by atoms with E-state index in [0.717, 1.165) is 12.5 Å². The van der Waals surface area contributed by atoms with E-state index in [0.29, 0.717) is 5.54 Å². The minimum Gasteiger partial charge on any atom is -0.329 e. The Hall–Kier alpha value is -0.0800. The Balaban J connectivity index is 1.84. The third-order valence-corrected chi connectivity index (χ3v) is 4.54. The average Bonchev–Trinajstić information content (AvgIpc) is 3.10. The quantitative estimate of drug-likeness (QED) is 0.755. The number of hydrogen-bond acceptors (Lipinski definition) is 2. The molecule has 2 saturated carbocycles. The summed E-state index contributed by atoms with van der Waals surface area (Å²) in [6, 6.07) is 0. The smallest absolute Gasteiger partial charge is 0.0328 e. The third kappa shape index (κ3) is 2.73. The molecule has 2 fully saturated rings. The van der Waals surface area contributed by atoms with Gasteiger partial charge in [-0.1, -0.05) is 32.1 Å². The number of hydrogen-bond donors (Lipinski definition) is 1. The summed E-state index contributed by atoms with van der Waals surface area (Å²) in [5.74, 6) is 1.05. The maximum atomic E-state index is 6.02. The van der Waals surface area contributed by atoms with Crippen molar-refractivity contribution in [3.05, 3.63) is 0 Å². The highest BCUT2D eigenvalue weighted by Crippen LogP contribution is 2.35. The summed E-state index contributed by atoms with van der Waals surface area (Å²) in [6.45, 7) is 2.12. The van der Waals surface area contributed by atoms with Crippen LogP contribution < -0.4 is 5.73 Å². The first-order valence-corrected chi connectivity index (χ1v) is 6.68. The van der Waals surface area contributed by atoms with Gasteiger partial charge < -0.3 is 5.73 Å². The zero-order chi connectivity index (χ0) is 10.7. The molecule has 0 aromatic rings. The van der Waals surface area contributed by atoms with Crippen molar-refractivity contribution in [2.75, 3.05) is 20.1 Å². The van der Waals surface area contributed by atoms with Gasteiger partial charge in [-0.25, -0.2) is 0 Å². The summed E-state index contributed by atoms with van der Waals surface area (Å²) in [5, 5.41) is 0. The molecule has 0 heterocycles. The van der Waals surface area contributed by atoms with E-state index in [9.17, 15) is 0 Å². The Morgan fingerprint density at radius 1 is 1.20 bits per heavy atom. The lowest BCUT2D eigenvalue weighted by Gasteiger charge is -2.44. The highest BCUT2D eigenvalue weighted by molar-refractivity contribution is 4.93. The maximum Gasteiger partial charge on any atom is 0.0328 e. The summed E-state index contributed by atoms with van der Waals surface area (Å²) in [5.41, 5.74) is 6.37. The van der Waals surface area contributed by atoms with Crippen LogP contribution in [0.3, 0.4) is 0 Å². The first kappa shape index (κ1) is 11.4.